The van der Waals surface area contributed by atoms with Crippen molar-refractivity contribution in [3.8, 4) is 11.5 Å². The van der Waals surface area contributed by atoms with Crippen molar-refractivity contribution in [2.45, 2.75) is 105 Å². The predicted octanol–water partition coefficient (Wildman–Crippen LogP) is 8.28. The van der Waals surface area contributed by atoms with E-state index in [1.165, 1.54) is 23.3 Å². The van der Waals surface area contributed by atoms with Gasteiger partial charge in [-0.15, -0.1) is 0 Å². The van der Waals surface area contributed by atoms with E-state index in [9.17, 15) is 20.1 Å². The van der Waals surface area contributed by atoms with Gasteiger partial charge in [0.05, 0.1) is 21.8 Å². The Hall–Kier alpha value is -3.38. The maximum Gasteiger partial charge on any atom is 0.201 e. The molecule has 0 amide bonds. The first kappa shape index (κ1) is 32.0. The molecular weight excluding hydrogens is 552 g/mol. The molecule has 2 aromatic rings. The minimum absolute atomic E-state index is 0.0318. The molecular formula is C38H48O6. The molecule has 6 nitrogen and oxygen atoms in total. The number of fused-ring (bicyclic) bond motifs is 5. The van der Waals surface area contributed by atoms with Gasteiger partial charge < -0.3 is 19.7 Å². The highest BCUT2D eigenvalue weighted by Crippen LogP contribution is 2.72. The van der Waals surface area contributed by atoms with Gasteiger partial charge in [-0.05, 0) is 103 Å². The number of aromatic hydroxyl groups is 2. The predicted molar refractivity (Wildman–Crippen MR) is 175 cm³/mol. The highest BCUT2D eigenvalue weighted by atomic mass is 16.4. The molecule has 44 heavy (non-hydrogen) atoms. The van der Waals surface area contributed by atoms with Crippen molar-refractivity contribution in [1.82, 2.24) is 0 Å². The summed E-state index contributed by atoms with van der Waals surface area (Å²) in [7, 11) is 0. The van der Waals surface area contributed by atoms with E-state index in [0.717, 1.165) is 11.1 Å². The molecule has 5 unspecified atom stereocenters. The molecule has 1 aromatic carbocycles. The first-order valence-electron chi connectivity index (χ1n) is 15.8. The Kier molecular flexibility index (Phi) is 7.72. The van der Waals surface area contributed by atoms with Gasteiger partial charge in [-0.1, -0.05) is 60.9 Å². The summed E-state index contributed by atoms with van der Waals surface area (Å²) >= 11 is 0. The summed E-state index contributed by atoms with van der Waals surface area (Å²) in [6, 6.07) is 2.67. The van der Waals surface area contributed by atoms with Crippen LogP contribution >= 0.6 is 0 Å². The number of aliphatic hydroxyl groups is 1. The Morgan fingerprint density at radius 1 is 0.955 bits per heavy atom. The molecule has 2 bridgehead atoms. The number of hydrogen-bond donors (Lipinski definition) is 3. The molecule has 1 aromatic heterocycles. The number of carbonyl (C=O) groups is 1. The molecule has 0 radical (unpaired) electrons. The third-order valence-corrected chi connectivity index (χ3v) is 11.2. The van der Waals surface area contributed by atoms with Crippen LogP contribution in [0.2, 0.25) is 0 Å². The zero-order valence-corrected chi connectivity index (χ0v) is 27.6. The summed E-state index contributed by atoms with van der Waals surface area (Å²) in [5, 5.41) is 34.5. The quantitative estimate of drug-likeness (QED) is 0.227. The average molecular weight is 601 g/mol. The minimum atomic E-state index is -1.84. The number of hydrogen-bond acceptors (Lipinski definition) is 6. The Balaban J connectivity index is 1.96. The average Bonchev–Trinajstić information content (AvgIpc) is 2.92. The van der Waals surface area contributed by atoms with Crippen LogP contribution in [0.4, 0.5) is 0 Å². The summed E-state index contributed by atoms with van der Waals surface area (Å²) in [5.74, 6) is -1.04. The van der Waals surface area contributed by atoms with Gasteiger partial charge in [-0.2, -0.15) is 0 Å². The lowest BCUT2D eigenvalue weighted by Gasteiger charge is -2.67. The van der Waals surface area contributed by atoms with Gasteiger partial charge in [0.25, 0.3) is 0 Å². The van der Waals surface area contributed by atoms with Crippen LogP contribution < -0.4 is 5.43 Å². The summed E-state index contributed by atoms with van der Waals surface area (Å²) in [5.41, 5.74) is -1.47. The van der Waals surface area contributed by atoms with Crippen LogP contribution in [0.25, 0.3) is 11.0 Å². The van der Waals surface area contributed by atoms with E-state index in [2.05, 4.69) is 60.3 Å². The summed E-state index contributed by atoms with van der Waals surface area (Å²) in [6.45, 7) is 20.7. The topological polar surface area (TPSA) is 108 Å². The van der Waals surface area contributed by atoms with Gasteiger partial charge in [-0.3, -0.25) is 9.59 Å². The lowest BCUT2D eigenvalue weighted by molar-refractivity contribution is -0.203. The van der Waals surface area contributed by atoms with E-state index in [-0.39, 0.29) is 52.8 Å². The normalized spacial score (nSPS) is 30.3. The second kappa shape index (κ2) is 10.6. The van der Waals surface area contributed by atoms with Crippen molar-refractivity contribution in [2.75, 3.05) is 0 Å². The van der Waals surface area contributed by atoms with E-state index >= 15 is 4.79 Å². The number of phenolic OH excluding ortho intramolecular Hbond substituents is 2. The highest BCUT2D eigenvalue weighted by Gasteiger charge is 2.77. The van der Waals surface area contributed by atoms with E-state index in [0.29, 0.717) is 25.7 Å². The Morgan fingerprint density at radius 3 is 2.18 bits per heavy atom. The number of carbonyl (C=O) groups excluding carboxylic acids is 1. The summed E-state index contributed by atoms with van der Waals surface area (Å²) < 4.78 is 6.56. The van der Waals surface area contributed by atoms with Crippen molar-refractivity contribution < 1.29 is 24.5 Å². The highest BCUT2D eigenvalue weighted by molar-refractivity contribution is 6.01. The van der Waals surface area contributed by atoms with Crippen LogP contribution in [-0.2, 0) is 15.8 Å². The van der Waals surface area contributed by atoms with Crippen LogP contribution in [0.1, 0.15) is 105 Å². The van der Waals surface area contributed by atoms with E-state index in [1.54, 1.807) is 0 Å². The van der Waals surface area contributed by atoms with Gasteiger partial charge in [0.15, 0.2) is 22.5 Å². The van der Waals surface area contributed by atoms with Crippen molar-refractivity contribution in [3.63, 3.8) is 0 Å². The van der Waals surface area contributed by atoms with Gasteiger partial charge in [-0.25, -0.2) is 0 Å². The van der Waals surface area contributed by atoms with Crippen LogP contribution in [0.5, 0.6) is 11.5 Å². The van der Waals surface area contributed by atoms with Crippen LogP contribution in [0, 0.1) is 22.7 Å². The zero-order valence-electron chi connectivity index (χ0n) is 27.6. The second-order valence-corrected chi connectivity index (χ2v) is 15.0. The zero-order chi connectivity index (χ0) is 32.6. The maximum atomic E-state index is 15.6. The van der Waals surface area contributed by atoms with Crippen LogP contribution in [0.15, 0.2) is 68.4 Å². The first-order valence-corrected chi connectivity index (χ1v) is 15.8. The molecule has 0 aliphatic heterocycles. The molecule has 5 rings (SSSR count). The fraction of sp³-hybridized carbons (Fsp3) is 0.526. The van der Waals surface area contributed by atoms with Gasteiger partial charge in [0.2, 0.25) is 5.75 Å². The number of allylic oxidation sites excluding steroid dienone is 6. The Bertz CT molecular complexity index is 1700. The van der Waals surface area contributed by atoms with Crippen molar-refractivity contribution >= 4 is 16.8 Å². The largest absolute Gasteiger partial charge is 0.504 e. The fourth-order valence-corrected chi connectivity index (χ4v) is 8.55. The van der Waals surface area contributed by atoms with Crippen LogP contribution in [-0.4, -0.2) is 21.1 Å². The number of benzene rings is 1. The minimum Gasteiger partial charge on any atom is -0.504 e. The number of rotatable bonds is 6. The smallest absolute Gasteiger partial charge is 0.201 e. The summed E-state index contributed by atoms with van der Waals surface area (Å²) in [6.07, 6.45) is 8.99. The fourth-order valence-electron chi connectivity index (χ4n) is 8.55. The third kappa shape index (κ3) is 4.31. The van der Waals surface area contributed by atoms with Crippen molar-refractivity contribution in [2.24, 2.45) is 22.7 Å². The molecule has 236 valence electrons. The Labute approximate surface area is 260 Å². The molecule has 1 heterocycles. The molecule has 3 aliphatic carbocycles. The van der Waals surface area contributed by atoms with E-state index in [1.807, 2.05) is 19.9 Å². The van der Waals surface area contributed by atoms with Gasteiger partial charge in [0, 0.05) is 6.42 Å². The number of phenols is 2. The molecule has 2 fully saturated rings. The Morgan fingerprint density at radius 2 is 1.57 bits per heavy atom. The summed E-state index contributed by atoms with van der Waals surface area (Å²) in [4.78, 5) is 30.3. The monoisotopic (exact) mass is 600 g/mol. The molecule has 3 N–H and O–H groups in total. The molecule has 6 heteroatoms. The van der Waals surface area contributed by atoms with E-state index < -0.39 is 38.8 Å². The van der Waals surface area contributed by atoms with Gasteiger partial charge in [0.1, 0.15) is 11.4 Å². The van der Waals surface area contributed by atoms with Crippen LogP contribution in [0.3, 0.4) is 0 Å². The van der Waals surface area contributed by atoms with E-state index in [4.69, 9.17) is 4.42 Å². The molecule has 1 spiro atoms. The SMILES string of the molecule is C=C1CC2(O)c3c(oc4c(O)c(O)ccc4c3=O)C3(CC=C(C)C)C(=O)C2(CC1CC=C(C)C)CC(CC=C(C)C)C3(C)C. The first-order chi connectivity index (χ1) is 20.4. The van der Waals surface area contributed by atoms with Gasteiger partial charge >= 0.3 is 0 Å². The molecule has 0 saturated heterocycles. The molecule has 2 saturated carbocycles. The van der Waals surface area contributed by atoms with Crippen molar-refractivity contribution in [3.05, 3.63) is 80.8 Å². The third-order valence-electron chi connectivity index (χ3n) is 11.2. The maximum absolute atomic E-state index is 15.6. The standard InChI is InChI=1S/C38H48O6/c1-21(2)10-12-25-19-36-20-26(13-11-22(3)4)35(8,9)37(34(36)42,17-16-23(5)6)33-29(38(36,43)18-24(25)7)30(40)27-14-15-28(39)31(41)32(27)44-33/h10-11,14-16,25-26,39,41,43H,7,12-13,17-20H2,1-6,8-9H3. The molecule has 3 aliphatic rings. The number of ketones is 1. The lowest BCUT2D eigenvalue weighted by atomic mass is 9.35. The second-order valence-electron chi connectivity index (χ2n) is 15.0. The molecule has 5 atom stereocenters. The van der Waals surface area contributed by atoms with Crippen molar-refractivity contribution in [1.29, 1.82) is 0 Å². The lowest BCUT2D eigenvalue weighted by Crippen LogP contribution is -2.73. The number of Topliss-reactive ketones (excluding diaryl/α,β-unsaturated/α-hetero) is 1.